The number of hydrogen-bond donors (Lipinski definition) is 2. The number of aromatic nitrogens is 4. The molecule has 2 saturated heterocycles. The first-order valence-corrected chi connectivity index (χ1v) is 7.56. The predicted octanol–water partition coefficient (Wildman–Crippen LogP) is 0.311. The second-order valence-electron chi connectivity index (χ2n) is 6.13. The minimum atomic E-state index is 0. The highest BCUT2D eigenvalue weighted by Gasteiger charge is 2.38. The van der Waals surface area contributed by atoms with Gasteiger partial charge in [0.1, 0.15) is 11.8 Å². The summed E-state index contributed by atoms with van der Waals surface area (Å²) in [5.74, 6) is 2.10. The van der Waals surface area contributed by atoms with E-state index < -0.39 is 0 Å². The Morgan fingerprint density at radius 2 is 1.96 bits per heavy atom. The zero-order valence-electron chi connectivity index (χ0n) is 13.3. The number of rotatable bonds is 3. The molecule has 8 nitrogen and oxygen atoms in total. The number of amides is 1. The lowest BCUT2D eigenvalue weighted by Crippen LogP contribution is -2.39. The lowest BCUT2D eigenvalue weighted by atomic mass is 10.0. The molecule has 2 N–H and O–H groups in total. The van der Waals surface area contributed by atoms with Gasteiger partial charge in [-0.1, -0.05) is 0 Å². The SMILES string of the molecule is CN(CC(=O)N1C[C@H]2CNC[C@H]2C1)c1ncnc2nc[nH]c12.Cl.Cl. The number of hydrogen-bond acceptors (Lipinski definition) is 6. The van der Waals surface area contributed by atoms with Crippen LogP contribution in [0.5, 0.6) is 0 Å². The van der Waals surface area contributed by atoms with Gasteiger partial charge in [0, 0.05) is 33.2 Å². The average Bonchev–Trinajstić information content (AvgIpc) is 3.21. The van der Waals surface area contributed by atoms with E-state index in [0.717, 1.165) is 31.7 Å². The number of halogens is 2. The second kappa shape index (κ2) is 7.50. The molecular formula is C14H21Cl2N7O. The van der Waals surface area contributed by atoms with Crippen LogP contribution in [0.4, 0.5) is 5.82 Å². The van der Waals surface area contributed by atoms with Gasteiger partial charge in [0.15, 0.2) is 11.5 Å². The monoisotopic (exact) mass is 373 g/mol. The first-order chi connectivity index (χ1) is 10.7. The molecule has 24 heavy (non-hydrogen) atoms. The normalized spacial score (nSPS) is 22.0. The van der Waals surface area contributed by atoms with Crippen LogP contribution in [-0.4, -0.2) is 70.5 Å². The van der Waals surface area contributed by atoms with Gasteiger partial charge in [-0.3, -0.25) is 4.79 Å². The molecule has 2 aromatic rings. The molecule has 2 aliphatic heterocycles. The van der Waals surface area contributed by atoms with Crippen LogP contribution in [0, 0.1) is 11.8 Å². The van der Waals surface area contributed by atoms with Gasteiger partial charge in [0.2, 0.25) is 5.91 Å². The fourth-order valence-corrected chi connectivity index (χ4v) is 3.48. The summed E-state index contributed by atoms with van der Waals surface area (Å²) in [6, 6.07) is 0. The number of likely N-dealkylation sites (N-methyl/N-ethyl adjacent to an activating group) is 1. The van der Waals surface area contributed by atoms with E-state index in [9.17, 15) is 4.79 Å². The summed E-state index contributed by atoms with van der Waals surface area (Å²) in [5.41, 5.74) is 1.38. The van der Waals surface area contributed by atoms with Crippen molar-refractivity contribution in [2.45, 2.75) is 0 Å². The van der Waals surface area contributed by atoms with E-state index >= 15 is 0 Å². The summed E-state index contributed by atoms with van der Waals surface area (Å²) in [6.45, 7) is 4.12. The number of nitrogens with zero attached hydrogens (tertiary/aromatic N) is 5. The van der Waals surface area contributed by atoms with Gasteiger partial charge in [-0.05, 0) is 11.8 Å². The second-order valence-corrected chi connectivity index (χ2v) is 6.13. The summed E-state index contributed by atoms with van der Waals surface area (Å²) >= 11 is 0. The van der Waals surface area contributed by atoms with E-state index in [0.29, 0.717) is 29.8 Å². The van der Waals surface area contributed by atoms with E-state index in [-0.39, 0.29) is 30.7 Å². The molecule has 0 radical (unpaired) electrons. The smallest absolute Gasteiger partial charge is 0.242 e. The third-order valence-corrected chi connectivity index (χ3v) is 4.68. The molecule has 0 spiro atoms. The van der Waals surface area contributed by atoms with Crippen LogP contribution in [-0.2, 0) is 4.79 Å². The molecule has 0 aromatic carbocycles. The van der Waals surface area contributed by atoms with Crippen molar-refractivity contribution in [2.75, 3.05) is 44.7 Å². The molecule has 0 bridgehead atoms. The number of imidazole rings is 1. The van der Waals surface area contributed by atoms with Crippen LogP contribution in [0.15, 0.2) is 12.7 Å². The van der Waals surface area contributed by atoms with Crippen LogP contribution in [0.2, 0.25) is 0 Å². The van der Waals surface area contributed by atoms with E-state index in [2.05, 4.69) is 25.3 Å². The van der Waals surface area contributed by atoms with Gasteiger partial charge in [-0.25, -0.2) is 15.0 Å². The number of nitrogens with one attached hydrogen (secondary N) is 2. The summed E-state index contributed by atoms with van der Waals surface area (Å²) < 4.78 is 0. The number of fused-ring (bicyclic) bond motifs is 2. The Kier molecular flexibility index (Phi) is 5.84. The number of H-pyrrole nitrogens is 1. The Hall–Kier alpha value is -1.64. The Balaban J connectivity index is 0.00000104. The average molecular weight is 374 g/mol. The van der Waals surface area contributed by atoms with Crippen molar-refractivity contribution in [3.8, 4) is 0 Å². The molecule has 2 aliphatic rings. The summed E-state index contributed by atoms with van der Waals surface area (Å²) in [7, 11) is 1.87. The number of carbonyl (C=O) groups is 1. The lowest BCUT2D eigenvalue weighted by Gasteiger charge is -2.23. The van der Waals surface area contributed by atoms with Crippen molar-refractivity contribution in [2.24, 2.45) is 11.8 Å². The molecule has 132 valence electrons. The van der Waals surface area contributed by atoms with Gasteiger partial charge in [0.25, 0.3) is 0 Å². The fraction of sp³-hybridized carbons (Fsp3) is 0.571. The zero-order valence-corrected chi connectivity index (χ0v) is 14.9. The Morgan fingerprint density at radius 1 is 1.25 bits per heavy atom. The molecule has 10 heteroatoms. The zero-order chi connectivity index (χ0) is 15.1. The molecule has 0 saturated carbocycles. The standard InChI is InChI=1S/C14H19N7O.2ClH/c1-20(14-12-13(17-7-16-12)18-8-19-14)6-11(22)21-4-9-2-15-3-10(9)5-21;;/h7-10,15H,2-6H2,1H3,(H,16,17,18,19);2*1H/t9-,10+;;. The molecule has 4 rings (SSSR count). The van der Waals surface area contributed by atoms with Gasteiger partial charge in [0.05, 0.1) is 12.9 Å². The van der Waals surface area contributed by atoms with Crippen molar-refractivity contribution >= 4 is 47.7 Å². The quantitative estimate of drug-likeness (QED) is 0.804. The highest BCUT2D eigenvalue weighted by molar-refractivity contribution is 5.87. The van der Waals surface area contributed by atoms with Crippen molar-refractivity contribution in [3.63, 3.8) is 0 Å². The number of aromatic amines is 1. The number of anilines is 1. The molecule has 2 fully saturated rings. The summed E-state index contributed by atoms with van der Waals surface area (Å²) in [5, 5.41) is 3.39. The maximum atomic E-state index is 12.5. The molecule has 4 heterocycles. The van der Waals surface area contributed by atoms with Crippen LogP contribution in [0.25, 0.3) is 11.2 Å². The largest absolute Gasteiger partial charge is 0.348 e. The summed E-state index contributed by atoms with van der Waals surface area (Å²) in [4.78, 5) is 31.9. The Bertz CT molecular complexity index is 697. The van der Waals surface area contributed by atoms with Crippen molar-refractivity contribution in [3.05, 3.63) is 12.7 Å². The first kappa shape index (κ1) is 18.7. The minimum Gasteiger partial charge on any atom is -0.348 e. The first-order valence-electron chi connectivity index (χ1n) is 7.56. The minimum absolute atomic E-state index is 0. The maximum Gasteiger partial charge on any atom is 0.242 e. The van der Waals surface area contributed by atoms with Crippen LogP contribution < -0.4 is 10.2 Å². The highest BCUT2D eigenvalue weighted by Crippen LogP contribution is 2.26. The van der Waals surface area contributed by atoms with Gasteiger partial charge in [-0.2, -0.15) is 0 Å². The number of carbonyl (C=O) groups excluding carboxylic acids is 1. The fourth-order valence-electron chi connectivity index (χ4n) is 3.48. The molecule has 2 atom stereocenters. The van der Waals surface area contributed by atoms with Crippen molar-refractivity contribution in [1.29, 1.82) is 0 Å². The third-order valence-electron chi connectivity index (χ3n) is 4.68. The highest BCUT2D eigenvalue weighted by atomic mass is 35.5. The maximum absolute atomic E-state index is 12.5. The van der Waals surface area contributed by atoms with Gasteiger partial charge >= 0.3 is 0 Å². The molecule has 0 unspecified atom stereocenters. The van der Waals surface area contributed by atoms with Crippen molar-refractivity contribution < 1.29 is 4.79 Å². The molecule has 2 aromatic heterocycles. The van der Waals surface area contributed by atoms with E-state index in [1.54, 1.807) is 6.33 Å². The molecular weight excluding hydrogens is 353 g/mol. The number of likely N-dealkylation sites (tertiary alicyclic amines) is 1. The van der Waals surface area contributed by atoms with E-state index in [1.807, 2.05) is 16.8 Å². The van der Waals surface area contributed by atoms with E-state index in [1.165, 1.54) is 6.33 Å². The topological polar surface area (TPSA) is 90.0 Å². The Morgan fingerprint density at radius 3 is 2.67 bits per heavy atom. The van der Waals surface area contributed by atoms with Gasteiger partial charge in [-0.15, -0.1) is 24.8 Å². The van der Waals surface area contributed by atoms with Crippen molar-refractivity contribution in [1.82, 2.24) is 30.2 Å². The Labute approximate surface area is 152 Å². The van der Waals surface area contributed by atoms with Crippen LogP contribution in [0.3, 0.4) is 0 Å². The predicted molar refractivity (Wildman–Crippen MR) is 95.9 cm³/mol. The van der Waals surface area contributed by atoms with Crippen LogP contribution in [0.1, 0.15) is 0 Å². The van der Waals surface area contributed by atoms with E-state index in [4.69, 9.17) is 0 Å². The third kappa shape index (κ3) is 3.26. The molecule has 0 aliphatic carbocycles. The van der Waals surface area contributed by atoms with Gasteiger partial charge < -0.3 is 20.1 Å². The lowest BCUT2D eigenvalue weighted by molar-refractivity contribution is -0.128. The summed E-state index contributed by atoms with van der Waals surface area (Å²) in [6.07, 6.45) is 3.07. The molecule has 1 amide bonds. The van der Waals surface area contributed by atoms with Crippen LogP contribution >= 0.6 is 24.8 Å².